The summed E-state index contributed by atoms with van der Waals surface area (Å²) in [4.78, 5) is 0. The van der Waals surface area contributed by atoms with Crippen molar-refractivity contribution in [2.45, 2.75) is 6.42 Å². The molecule has 1 aromatic rings. The SMILES string of the molecule is COc1c2ccc(CCN)c1OCO2. The predicted octanol–water partition coefficient (Wildman–Crippen LogP) is 0.925. The minimum Gasteiger partial charge on any atom is -0.490 e. The van der Waals surface area contributed by atoms with Crippen molar-refractivity contribution in [3.05, 3.63) is 17.7 Å². The van der Waals surface area contributed by atoms with E-state index in [1.165, 1.54) is 0 Å². The minimum atomic E-state index is 0.246. The molecule has 0 aliphatic carbocycles. The Balaban J connectivity index is 2.45. The Hall–Kier alpha value is -1.42. The summed E-state index contributed by atoms with van der Waals surface area (Å²) in [5.74, 6) is 2.17. The van der Waals surface area contributed by atoms with Gasteiger partial charge in [0.15, 0.2) is 11.5 Å². The molecule has 1 heterocycles. The van der Waals surface area contributed by atoms with Gasteiger partial charge in [-0.3, -0.25) is 0 Å². The van der Waals surface area contributed by atoms with Gasteiger partial charge in [0.05, 0.1) is 7.11 Å². The summed E-state index contributed by atoms with van der Waals surface area (Å²) in [7, 11) is 1.60. The van der Waals surface area contributed by atoms with E-state index in [0.29, 0.717) is 12.3 Å². The Bertz CT molecular complexity index is 338. The molecule has 1 aliphatic heterocycles. The summed E-state index contributed by atoms with van der Waals surface area (Å²) in [6, 6.07) is 3.84. The third-order valence-electron chi connectivity index (χ3n) is 2.19. The van der Waals surface area contributed by atoms with E-state index in [-0.39, 0.29) is 6.79 Å². The zero-order chi connectivity index (χ0) is 9.97. The maximum Gasteiger partial charge on any atom is 0.231 e. The van der Waals surface area contributed by atoms with Gasteiger partial charge in [0.25, 0.3) is 0 Å². The van der Waals surface area contributed by atoms with E-state index in [2.05, 4.69) is 0 Å². The molecule has 0 aromatic heterocycles. The quantitative estimate of drug-likeness (QED) is 0.779. The summed E-state index contributed by atoms with van der Waals surface area (Å²) in [6.07, 6.45) is 0.784. The summed E-state index contributed by atoms with van der Waals surface area (Å²) in [6.45, 7) is 0.843. The average molecular weight is 195 g/mol. The third kappa shape index (κ3) is 1.37. The van der Waals surface area contributed by atoms with Gasteiger partial charge in [0.1, 0.15) is 0 Å². The van der Waals surface area contributed by atoms with Crippen LogP contribution in [0.15, 0.2) is 12.1 Å². The van der Waals surface area contributed by atoms with Crippen molar-refractivity contribution >= 4 is 0 Å². The molecule has 76 valence electrons. The van der Waals surface area contributed by atoms with Crippen LogP contribution in [-0.2, 0) is 6.42 Å². The molecule has 0 amide bonds. The second-order valence-electron chi connectivity index (χ2n) is 3.03. The van der Waals surface area contributed by atoms with E-state index < -0.39 is 0 Å². The molecule has 1 aromatic carbocycles. The molecule has 0 radical (unpaired) electrons. The Morgan fingerprint density at radius 1 is 1.43 bits per heavy atom. The standard InChI is InChI=1S/C10H13NO3/c1-12-10-8-3-2-7(4-5-11)9(10)14-6-13-8/h2-3H,4-6,11H2,1H3. The van der Waals surface area contributed by atoms with Gasteiger partial charge in [-0.15, -0.1) is 0 Å². The van der Waals surface area contributed by atoms with E-state index in [9.17, 15) is 0 Å². The monoisotopic (exact) mass is 195 g/mol. The first kappa shape index (κ1) is 9.15. The van der Waals surface area contributed by atoms with Crippen LogP contribution in [0.2, 0.25) is 0 Å². The average Bonchev–Trinajstić information content (AvgIpc) is 2.21. The fourth-order valence-electron chi connectivity index (χ4n) is 1.55. The summed E-state index contributed by atoms with van der Waals surface area (Å²) in [5.41, 5.74) is 6.57. The lowest BCUT2D eigenvalue weighted by atomic mass is 10.1. The zero-order valence-electron chi connectivity index (χ0n) is 8.08. The lowest BCUT2D eigenvalue weighted by molar-refractivity contribution is 0.0921. The molecule has 2 rings (SSSR count). The first-order chi connectivity index (χ1) is 6.86. The first-order valence-corrected chi connectivity index (χ1v) is 4.52. The van der Waals surface area contributed by atoms with E-state index in [1.807, 2.05) is 12.1 Å². The number of methoxy groups -OCH3 is 1. The van der Waals surface area contributed by atoms with Gasteiger partial charge in [0.2, 0.25) is 12.5 Å². The molecular weight excluding hydrogens is 182 g/mol. The van der Waals surface area contributed by atoms with Crippen molar-refractivity contribution < 1.29 is 14.2 Å². The van der Waals surface area contributed by atoms with Gasteiger partial charge in [-0.1, -0.05) is 6.07 Å². The molecule has 0 saturated heterocycles. The molecule has 4 heteroatoms. The number of fused-ring (bicyclic) bond motifs is 2. The molecule has 2 N–H and O–H groups in total. The van der Waals surface area contributed by atoms with Gasteiger partial charge in [-0.25, -0.2) is 0 Å². The van der Waals surface area contributed by atoms with Crippen LogP contribution in [0.25, 0.3) is 0 Å². The number of nitrogens with two attached hydrogens (primary N) is 1. The Kier molecular flexibility index (Phi) is 2.45. The van der Waals surface area contributed by atoms with Crippen molar-refractivity contribution in [3.8, 4) is 17.2 Å². The van der Waals surface area contributed by atoms with E-state index in [4.69, 9.17) is 19.9 Å². The summed E-state index contributed by atoms with van der Waals surface area (Å²) < 4.78 is 15.9. The fourth-order valence-corrected chi connectivity index (χ4v) is 1.55. The lowest BCUT2D eigenvalue weighted by Gasteiger charge is -2.22. The van der Waals surface area contributed by atoms with Crippen molar-refractivity contribution in [2.24, 2.45) is 5.73 Å². The van der Waals surface area contributed by atoms with Crippen LogP contribution >= 0.6 is 0 Å². The Morgan fingerprint density at radius 3 is 3.00 bits per heavy atom. The Labute approximate surface area is 82.6 Å². The van der Waals surface area contributed by atoms with Crippen LogP contribution in [0, 0.1) is 0 Å². The van der Waals surface area contributed by atoms with Crippen molar-refractivity contribution in [1.82, 2.24) is 0 Å². The maximum atomic E-state index is 5.50. The molecule has 0 saturated carbocycles. The van der Waals surface area contributed by atoms with Crippen LogP contribution < -0.4 is 19.9 Å². The summed E-state index contributed by atoms with van der Waals surface area (Å²) in [5, 5.41) is 0. The molecule has 0 fully saturated rings. The van der Waals surface area contributed by atoms with Crippen LogP contribution in [0.3, 0.4) is 0 Å². The normalized spacial score (nSPS) is 13.0. The molecule has 0 unspecified atom stereocenters. The second kappa shape index (κ2) is 3.75. The third-order valence-corrected chi connectivity index (χ3v) is 2.19. The molecule has 0 spiro atoms. The number of ether oxygens (including phenoxy) is 3. The molecule has 0 atom stereocenters. The van der Waals surface area contributed by atoms with E-state index >= 15 is 0 Å². The van der Waals surface area contributed by atoms with Crippen LogP contribution in [0.1, 0.15) is 5.56 Å². The second-order valence-corrected chi connectivity index (χ2v) is 3.03. The highest BCUT2D eigenvalue weighted by atomic mass is 16.7. The van der Waals surface area contributed by atoms with Crippen molar-refractivity contribution in [3.63, 3.8) is 0 Å². The number of rotatable bonds is 3. The lowest BCUT2D eigenvalue weighted by Crippen LogP contribution is -2.15. The molecule has 14 heavy (non-hydrogen) atoms. The Morgan fingerprint density at radius 2 is 2.29 bits per heavy atom. The van der Waals surface area contributed by atoms with Crippen LogP contribution in [-0.4, -0.2) is 20.4 Å². The van der Waals surface area contributed by atoms with E-state index in [0.717, 1.165) is 23.5 Å². The zero-order valence-corrected chi connectivity index (χ0v) is 8.08. The van der Waals surface area contributed by atoms with Gasteiger partial charge in [-0.05, 0) is 24.6 Å². The maximum absolute atomic E-state index is 5.50. The van der Waals surface area contributed by atoms with Gasteiger partial charge < -0.3 is 19.9 Å². The summed E-state index contributed by atoms with van der Waals surface area (Å²) >= 11 is 0. The van der Waals surface area contributed by atoms with Gasteiger partial charge >= 0.3 is 0 Å². The van der Waals surface area contributed by atoms with Gasteiger partial charge in [0, 0.05) is 0 Å². The van der Waals surface area contributed by atoms with Crippen molar-refractivity contribution in [1.29, 1.82) is 0 Å². The van der Waals surface area contributed by atoms with E-state index in [1.54, 1.807) is 7.11 Å². The highest BCUT2D eigenvalue weighted by Crippen LogP contribution is 2.42. The largest absolute Gasteiger partial charge is 0.490 e. The van der Waals surface area contributed by atoms with Gasteiger partial charge in [-0.2, -0.15) is 0 Å². The van der Waals surface area contributed by atoms with Crippen LogP contribution in [0.5, 0.6) is 17.2 Å². The minimum absolute atomic E-state index is 0.246. The highest BCUT2D eigenvalue weighted by molar-refractivity contribution is 5.56. The molecule has 2 bridgehead atoms. The smallest absolute Gasteiger partial charge is 0.231 e. The van der Waals surface area contributed by atoms with Crippen LogP contribution in [0.4, 0.5) is 0 Å². The first-order valence-electron chi connectivity index (χ1n) is 4.52. The molecular formula is C10H13NO3. The highest BCUT2D eigenvalue weighted by Gasteiger charge is 2.20. The molecule has 1 aliphatic rings. The number of hydrogen-bond acceptors (Lipinski definition) is 4. The van der Waals surface area contributed by atoms with Crippen molar-refractivity contribution in [2.75, 3.05) is 20.4 Å². The predicted molar refractivity (Wildman–Crippen MR) is 51.9 cm³/mol. The fraction of sp³-hybridized carbons (Fsp3) is 0.400. The topological polar surface area (TPSA) is 53.7 Å². The number of hydrogen-bond donors (Lipinski definition) is 1. The molecule has 4 nitrogen and oxygen atoms in total. The number of benzene rings is 1.